The Morgan fingerprint density at radius 3 is 1.15 bits per heavy atom. The smallest absolute Gasteiger partial charge is 0.220 e. The van der Waals surface area contributed by atoms with Gasteiger partial charge in [-0.05, 0) is 83.5 Å². The highest BCUT2D eigenvalue weighted by atomic mass is 16.7. The van der Waals surface area contributed by atoms with Gasteiger partial charge < -0.3 is 40.3 Å². The average Bonchev–Trinajstić information content (AvgIpc) is 3.46. The molecule has 0 spiro atoms. The highest BCUT2D eigenvalue weighted by Gasteiger charge is 2.44. The molecule has 7 unspecified atom stereocenters. The largest absolute Gasteiger partial charge is 0.394 e. The molecule has 9 heteroatoms. The summed E-state index contributed by atoms with van der Waals surface area (Å²) in [5.74, 6) is -0.164. The molecule has 1 aliphatic heterocycles. The Bertz CT molecular complexity index is 1630. The first-order chi connectivity index (χ1) is 39.3. The molecule has 1 aliphatic rings. The fraction of sp³-hybridized carbons (Fsp3) is 0.732. The standard InChI is InChI=1S/C71H123NO8/c1-3-5-7-9-11-13-15-17-19-21-23-25-27-29-30-31-32-33-34-35-36-37-39-41-43-45-47-49-51-53-55-57-59-61-67(75)72-64(63-79-71-70(78)69(77)68(76)66(62-73)80-71)65(74)60-58-56-54-52-50-48-46-44-42-40-38-28-26-24-22-20-18-16-14-12-10-8-6-4-2/h5,7,11,13,17,19,23,25,29-30,32-33,35-36,39,41,45,47,64-66,68-71,73-74,76-78H,3-4,6,8-10,12,14-16,18,20-22,24,26-28,31,34,37-38,40,42-44,46,48-63H2,1-2H3,(H,72,75)/b7-5-,13-11-,19-17-,25-23-,30-29-,33-32-,36-35-,41-39-,47-45-. The van der Waals surface area contributed by atoms with Crippen LogP contribution in [0.15, 0.2) is 109 Å². The van der Waals surface area contributed by atoms with Crippen LogP contribution in [-0.4, -0.2) is 87.5 Å². The summed E-state index contributed by atoms with van der Waals surface area (Å²) in [6.07, 6.45) is 79.8. The number of aliphatic hydroxyl groups is 5. The molecule has 1 rings (SSSR count). The summed E-state index contributed by atoms with van der Waals surface area (Å²) in [6, 6.07) is -0.739. The van der Waals surface area contributed by atoms with Crippen LogP contribution in [0, 0.1) is 0 Å². The van der Waals surface area contributed by atoms with E-state index in [1.54, 1.807) is 0 Å². The van der Waals surface area contributed by atoms with Gasteiger partial charge in [-0.1, -0.05) is 297 Å². The number of unbranched alkanes of at least 4 members (excludes halogenated alkanes) is 28. The van der Waals surface area contributed by atoms with E-state index in [1.165, 1.54) is 135 Å². The molecular weight excluding hydrogens is 995 g/mol. The first-order valence-electron chi connectivity index (χ1n) is 33.1. The van der Waals surface area contributed by atoms with Crippen molar-refractivity contribution in [2.75, 3.05) is 13.2 Å². The van der Waals surface area contributed by atoms with Crippen molar-refractivity contribution in [2.24, 2.45) is 0 Å². The van der Waals surface area contributed by atoms with Gasteiger partial charge in [0.25, 0.3) is 0 Å². The number of rotatable bonds is 56. The van der Waals surface area contributed by atoms with Gasteiger partial charge in [0.1, 0.15) is 24.4 Å². The molecule has 1 heterocycles. The topological polar surface area (TPSA) is 149 Å². The molecular formula is C71H123NO8. The summed E-state index contributed by atoms with van der Waals surface area (Å²) in [4.78, 5) is 13.1. The summed E-state index contributed by atoms with van der Waals surface area (Å²) in [6.45, 7) is 3.73. The SMILES string of the molecule is CC/C=C\C/C=C\C/C=C\C/C=C\C/C=C\C/C=C\C/C=C\C/C=C\C/C=C\CCCCCCCC(=O)NC(COC1OC(CO)C(O)C(O)C1O)C(O)CCCCCCCCCCCCCCCCCCCCCCCCCC. The molecule has 80 heavy (non-hydrogen) atoms. The van der Waals surface area contributed by atoms with Crippen LogP contribution in [0.3, 0.4) is 0 Å². The Kier molecular flexibility index (Phi) is 55.2. The lowest BCUT2D eigenvalue weighted by Crippen LogP contribution is -2.60. The van der Waals surface area contributed by atoms with Crippen LogP contribution in [0.4, 0.5) is 0 Å². The van der Waals surface area contributed by atoms with E-state index in [1.807, 2.05) is 0 Å². The monoisotopic (exact) mass is 1120 g/mol. The van der Waals surface area contributed by atoms with Crippen LogP contribution in [0.5, 0.6) is 0 Å². The molecule has 7 atom stereocenters. The van der Waals surface area contributed by atoms with Crippen LogP contribution < -0.4 is 5.32 Å². The van der Waals surface area contributed by atoms with Crippen LogP contribution >= 0.6 is 0 Å². The number of allylic oxidation sites excluding steroid dienone is 18. The lowest BCUT2D eigenvalue weighted by atomic mass is 9.99. The van der Waals surface area contributed by atoms with Gasteiger partial charge in [0, 0.05) is 6.42 Å². The van der Waals surface area contributed by atoms with Gasteiger partial charge in [0.15, 0.2) is 6.29 Å². The van der Waals surface area contributed by atoms with Crippen LogP contribution in [0.1, 0.15) is 277 Å². The predicted molar refractivity (Wildman–Crippen MR) is 341 cm³/mol. The fourth-order valence-electron chi connectivity index (χ4n) is 9.98. The average molecular weight is 1120 g/mol. The van der Waals surface area contributed by atoms with E-state index in [2.05, 4.69) is 129 Å². The van der Waals surface area contributed by atoms with Crippen LogP contribution in [0.2, 0.25) is 0 Å². The first kappa shape index (κ1) is 74.9. The van der Waals surface area contributed by atoms with Crippen molar-refractivity contribution in [2.45, 2.75) is 320 Å². The summed E-state index contributed by atoms with van der Waals surface area (Å²) in [5, 5.41) is 54.9. The number of aliphatic hydroxyl groups excluding tert-OH is 5. The maximum atomic E-state index is 13.1. The van der Waals surface area contributed by atoms with Crippen molar-refractivity contribution in [3.8, 4) is 0 Å². The Balaban J connectivity index is 2.20. The molecule has 460 valence electrons. The highest BCUT2D eigenvalue weighted by Crippen LogP contribution is 2.23. The third kappa shape index (κ3) is 47.4. The minimum atomic E-state index is -1.56. The van der Waals surface area contributed by atoms with Crippen LogP contribution in [0.25, 0.3) is 0 Å². The summed E-state index contributed by atoms with van der Waals surface area (Å²) < 4.78 is 11.3. The first-order valence-corrected chi connectivity index (χ1v) is 33.1. The predicted octanol–water partition coefficient (Wildman–Crippen LogP) is 17.7. The summed E-state index contributed by atoms with van der Waals surface area (Å²) in [5.41, 5.74) is 0. The number of carbonyl (C=O) groups excluding carboxylic acids is 1. The zero-order chi connectivity index (χ0) is 57.9. The van der Waals surface area contributed by atoms with Crippen LogP contribution in [-0.2, 0) is 14.3 Å². The zero-order valence-electron chi connectivity index (χ0n) is 51.3. The van der Waals surface area contributed by atoms with E-state index in [0.29, 0.717) is 12.8 Å². The Hall–Kier alpha value is -3.15. The third-order valence-corrected chi connectivity index (χ3v) is 15.1. The summed E-state index contributed by atoms with van der Waals surface area (Å²) >= 11 is 0. The number of hydrogen-bond acceptors (Lipinski definition) is 8. The molecule has 9 nitrogen and oxygen atoms in total. The van der Waals surface area contributed by atoms with Crippen molar-refractivity contribution >= 4 is 5.91 Å². The number of amides is 1. The number of carbonyl (C=O) groups is 1. The second-order valence-electron chi connectivity index (χ2n) is 22.5. The van der Waals surface area contributed by atoms with Gasteiger partial charge in [0.2, 0.25) is 5.91 Å². The van der Waals surface area contributed by atoms with E-state index >= 15 is 0 Å². The number of hydrogen-bond donors (Lipinski definition) is 6. The van der Waals surface area contributed by atoms with E-state index in [0.717, 1.165) is 116 Å². The van der Waals surface area contributed by atoms with Gasteiger partial charge in [-0.15, -0.1) is 0 Å². The summed E-state index contributed by atoms with van der Waals surface area (Å²) in [7, 11) is 0. The van der Waals surface area contributed by atoms with Crippen molar-refractivity contribution in [1.82, 2.24) is 5.32 Å². The van der Waals surface area contributed by atoms with Gasteiger partial charge >= 0.3 is 0 Å². The van der Waals surface area contributed by atoms with E-state index < -0.39 is 49.5 Å². The Morgan fingerprint density at radius 1 is 0.438 bits per heavy atom. The quantitative estimate of drug-likeness (QED) is 0.0261. The molecule has 1 saturated heterocycles. The van der Waals surface area contributed by atoms with E-state index in [-0.39, 0.29) is 12.5 Å². The van der Waals surface area contributed by atoms with E-state index in [9.17, 15) is 30.3 Å². The Labute approximate surface area is 491 Å². The number of ether oxygens (including phenoxy) is 2. The third-order valence-electron chi connectivity index (χ3n) is 15.1. The van der Waals surface area contributed by atoms with Crippen molar-refractivity contribution < 1.29 is 39.8 Å². The normalized spacial score (nSPS) is 19.2. The molecule has 0 radical (unpaired) electrons. The lowest BCUT2D eigenvalue weighted by molar-refractivity contribution is -0.302. The molecule has 0 aliphatic carbocycles. The zero-order valence-corrected chi connectivity index (χ0v) is 51.3. The fourth-order valence-corrected chi connectivity index (χ4v) is 9.98. The van der Waals surface area contributed by atoms with Crippen molar-refractivity contribution in [1.29, 1.82) is 0 Å². The molecule has 6 N–H and O–H groups in total. The molecule has 0 aromatic heterocycles. The second-order valence-corrected chi connectivity index (χ2v) is 22.5. The van der Waals surface area contributed by atoms with Gasteiger partial charge in [0.05, 0.1) is 25.4 Å². The molecule has 1 amide bonds. The lowest BCUT2D eigenvalue weighted by Gasteiger charge is -2.40. The van der Waals surface area contributed by atoms with Crippen molar-refractivity contribution in [3.63, 3.8) is 0 Å². The maximum absolute atomic E-state index is 13.1. The van der Waals surface area contributed by atoms with E-state index in [4.69, 9.17) is 9.47 Å². The molecule has 0 bridgehead atoms. The molecule has 0 aromatic carbocycles. The minimum absolute atomic E-state index is 0.152. The number of nitrogens with one attached hydrogen (secondary N) is 1. The van der Waals surface area contributed by atoms with Gasteiger partial charge in [-0.25, -0.2) is 0 Å². The minimum Gasteiger partial charge on any atom is -0.394 e. The molecule has 1 fully saturated rings. The maximum Gasteiger partial charge on any atom is 0.220 e. The van der Waals surface area contributed by atoms with Gasteiger partial charge in [-0.3, -0.25) is 4.79 Å². The second kappa shape index (κ2) is 59.0. The highest BCUT2D eigenvalue weighted by molar-refractivity contribution is 5.76. The molecule has 0 saturated carbocycles. The molecule has 0 aromatic rings. The Morgan fingerprint density at radius 2 is 0.775 bits per heavy atom. The van der Waals surface area contributed by atoms with Crippen molar-refractivity contribution in [3.05, 3.63) is 109 Å². The van der Waals surface area contributed by atoms with Gasteiger partial charge in [-0.2, -0.15) is 0 Å².